The van der Waals surface area contributed by atoms with Crippen LogP contribution >= 0.6 is 0 Å². The lowest BCUT2D eigenvalue weighted by Crippen LogP contribution is -2.50. The van der Waals surface area contributed by atoms with Crippen LogP contribution in [0.4, 0.5) is 18.0 Å². The number of rotatable bonds is 4. The van der Waals surface area contributed by atoms with E-state index < -0.39 is 29.1 Å². The van der Waals surface area contributed by atoms with Gasteiger partial charge in [-0.2, -0.15) is 13.2 Å². The highest BCUT2D eigenvalue weighted by Gasteiger charge is 2.60. The van der Waals surface area contributed by atoms with Crippen molar-refractivity contribution in [3.05, 3.63) is 88.5 Å². The van der Waals surface area contributed by atoms with Gasteiger partial charge in [-0.15, -0.1) is 0 Å². The number of primary amides is 2. The zero-order valence-electron chi connectivity index (χ0n) is 19.0. The summed E-state index contributed by atoms with van der Waals surface area (Å²) in [6.07, 6.45) is -1.18. The van der Waals surface area contributed by atoms with Gasteiger partial charge in [0.2, 0.25) is 5.91 Å². The highest BCUT2D eigenvalue weighted by molar-refractivity contribution is 5.92. The van der Waals surface area contributed by atoms with Crippen molar-refractivity contribution in [1.82, 2.24) is 4.90 Å². The minimum atomic E-state index is -4.47. The molecule has 1 unspecified atom stereocenters. The molecule has 1 fully saturated rings. The van der Waals surface area contributed by atoms with E-state index in [1.807, 2.05) is 36.4 Å². The molecule has 0 aromatic heterocycles. The molecule has 3 amide bonds. The number of hydrogen-bond acceptors (Lipinski definition) is 2. The Kier molecular flexibility index (Phi) is 5.49. The van der Waals surface area contributed by atoms with E-state index in [1.54, 1.807) is 6.07 Å². The number of hydrogen-bond donors (Lipinski definition) is 2. The molecule has 0 bridgehead atoms. The Hall–Kier alpha value is -3.55. The lowest BCUT2D eigenvalue weighted by Gasteiger charge is -2.44. The summed E-state index contributed by atoms with van der Waals surface area (Å²) in [6, 6.07) is 14.5. The minimum Gasteiger partial charge on any atom is -0.369 e. The number of urea groups is 1. The van der Waals surface area contributed by atoms with E-state index in [0.717, 1.165) is 29.7 Å². The number of alkyl halides is 3. The van der Waals surface area contributed by atoms with Crippen LogP contribution in [0.2, 0.25) is 0 Å². The Morgan fingerprint density at radius 1 is 1.03 bits per heavy atom. The highest BCUT2D eigenvalue weighted by Crippen LogP contribution is 2.64. The Labute approximate surface area is 201 Å². The van der Waals surface area contributed by atoms with Gasteiger partial charge >= 0.3 is 12.2 Å². The fourth-order valence-corrected chi connectivity index (χ4v) is 5.94. The van der Waals surface area contributed by atoms with E-state index in [0.29, 0.717) is 29.7 Å². The topological polar surface area (TPSA) is 89.4 Å². The number of allylic oxidation sites excluding steroid dienone is 2. The molecule has 8 heteroatoms. The molecule has 3 atom stereocenters. The average Bonchev–Trinajstić information content (AvgIpc) is 3.64. The summed E-state index contributed by atoms with van der Waals surface area (Å²) < 4.78 is 40.2. The van der Waals surface area contributed by atoms with E-state index in [4.69, 9.17) is 11.5 Å². The van der Waals surface area contributed by atoms with Gasteiger partial charge < -0.3 is 16.4 Å². The zero-order chi connectivity index (χ0) is 25.0. The van der Waals surface area contributed by atoms with E-state index in [1.165, 1.54) is 11.0 Å². The maximum Gasteiger partial charge on any atom is 0.416 e. The van der Waals surface area contributed by atoms with Gasteiger partial charge in [-0.1, -0.05) is 48.5 Å². The van der Waals surface area contributed by atoms with Crippen LogP contribution in [0.15, 0.2) is 71.8 Å². The quantitative estimate of drug-likeness (QED) is 0.654. The van der Waals surface area contributed by atoms with Crippen molar-refractivity contribution in [2.24, 2.45) is 22.8 Å². The standard InChI is InChI=1S/C27H26F3N3O2/c28-27(29,30)18-8-4-7-17(13-18)19-9-11-26(24(31)34,22-14-21(22)16-5-2-1-3-6-16)23-15-33(25(32)35)12-10-20(19)23/h1-9,13,21-22H,10-12,14-15H2,(H2,31,34)(H2,32,35)/t21-,22+,26?/m0/s1. The van der Waals surface area contributed by atoms with Crippen LogP contribution in [0.5, 0.6) is 0 Å². The summed E-state index contributed by atoms with van der Waals surface area (Å²) in [4.78, 5) is 26.7. The van der Waals surface area contributed by atoms with Crippen molar-refractivity contribution in [2.45, 2.75) is 31.4 Å². The number of amides is 3. The molecule has 1 saturated carbocycles. The number of carbonyl (C=O) groups is 2. The molecule has 3 aliphatic rings. The lowest BCUT2D eigenvalue weighted by molar-refractivity contribution is -0.137. The third-order valence-electron chi connectivity index (χ3n) is 7.74. The maximum absolute atomic E-state index is 13.4. The van der Waals surface area contributed by atoms with Crippen molar-refractivity contribution in [3.8, 4) is 0 Å². The molecule has 2 aromatic carbocycles. The van der Waals surface area contributed by atoms with Gasteiger partial charge in [0.05, 0.1) is 11.0 Å². The van der Waals surface area contributed by atoms with Gasteiger partial charge in [0.1, 0.15) is 0 Å². The normalized spacial score (nSPS) is 26.1. The molecule has 5 nitrogen and oxygen atoms in total. The van der Waals surface area contributed by atoms with Crippen molar-refractivity contribution in [1.29, 1.82) is 0 Å². The largest absolute Gasteiger partial charge is 0.416 e. The summed E-state index contributed by atoms with van der Waals surface area (Å²) in [5.41, 5.74) is 13.7. The first-order chi connectivity index (χ1) is 16.6. The second-order valence-electron chi connectivity index (χ2n) is 9.56. The third-order valence-corrected chi connectivity index (χ3v) is 7.74. The maximum atomic E-state index is 13.4. The number of nitrogens with two attached hydrogens (primary N) is 2. The Balaban J connectivity index is 1.61. The van der Waals surface area contributed by atoms with Crippen molar-refractivity contribution < 1.29 is 22.8 Å². The molecule has 5 rings (SSSR count). The monoisotopic (exact) mass is 481 g/mol. The van der Waals surface area contributed by atoms with E-state index in [9.17, 15) is 22.8 Å². The summed E-state index contributed by atoms with van der Waals surface area (Å²) in [6.45, 7) is 0.466. The Morgan fingerprint density at radius 2 is 1.77 bits per heavy atom. The van der Waals surface area contributed by atoms with Crippen LogP contribution in [0.1, 0.15) is 41.9 Å². The van der Waals surface area contributed by atoms with Gasteiger partial charge in [0.15, 0.2) is 0 Å². The summed E-state index contributed by atoms with van der Waals surface area (Å²) >= 11 is 0. The van der Waals surface area contributed by atoms with Gasteiger partial charge in [-0.05, 0) is 71.1 Å². The van der Waals surface area contributed by atoms with Crippen LogP contribution in [0, 0.1) is 11.3 Å². The van der Waals surface area contributed by atoms with Gasteiger partial charge in [0.25, 0.3) is 0 Å². The smallest absolute Gasteiger partial charge is 0.369 e. The lowest BCUT2D eigenvalue weighted by atomic mass is 9.63. The summed E-state index contributed by atoms with van der Waals surface area (Å²) in [5.74, 6) is -0.386. The molecule has 0 radical (unpaired) electrons. The van der Waals surface area contributed by atoms with Crippen LogP contribution < -0.4 is 11.5 Å². The molecule has 0 saturated heterocycles. The molecule has 0 spiro atoms. The predicted molar refractivity (Wildman–Crippen MR) is 126 cm³/mol. The number of benzene rings is 2. The first-order valence-corrected chi connectivity index (χ1v) is 11.6. The van der Waals surface area contributed by atoms with E-state index in [-0.39, 0.29) is 24.8 Å². The second-order valence-corrected chi connectivity index (χ2v) is 9.56. The summed E-state index contributed by atoms with van der Waals surface area (Å²) in [5, 5.41) is 0. The molecule has 1 heterocycles. The molecule has 2 aliphatic carbocycles. The van der Waals surface area contributed by atoms with Gasteiger partial charge in [-0.25, -0.2) is 4.79 Å². The number of halogens is 3. The van der Waals surface area contributed by atoms with E-state index in [2.05, 4.69) is 0 Å². The first-order valence-electron chi connectivity index (χ1n) is 11.6. The molecule has 1 aliphatic heterocycles. The molecule has 4 N–H and O–H groups in total. The summed E-state index contributed by atoms with van der Waals surface area (Å²) in [7, 11) is 0. The molecular formula is C27H26F3N3O2. The van der Waals surface area contributed by atoms with Gasteiger partial charge in [0, 0.05) is 13.1 Å². The molecule has 2 aromatic rings. The van der Waals surface area contributed by atoms with Crippen LogP contribution in [-0.2, 0) is 11.0 Å². The molecular weight excluding hydrogens is 455 g/mol. The van der Waals surface area contributed by atoms with Crippen molar-refractivity contribution in [3.63, 3.8) is 0 Å². The minimum absolute atomic E-state index is 0.0560. The van der Waals surface area contributed by atoms with E-state index >= 15 is 0 Å². The molecule has 182 valence electrons. The van der Waals surface area contributed by atoms with Crippen molar-refractivity contribution >= 4 is 17.5 Å². The molecule has 35 heavy (non-hydrogen) atoms. The zero-order valence-corrected chi connectivity index (χ0v) is 19.0. The average molecular weight is 482 g/mol. The highest BCUT2D eigenvalue weighted by atomic mass is 19.4. The number of carbonyl (C=O) groups excluding carboxylic acids is 2. The van der Waals surface area contributed by atoms with Gasteiger partial charge in [-0.3, -0.25) is 4.79 Å². The SMILES string of the molecule is NC(=O)N1CCC2=C(C1)C(C(N)=O)([C@@H]1C[C@H]1c1ccccc1)CC=C2c1cccc(C(F)(F)F)c1. The van der Waals surface area contributed by atoms with Crippen LogP contribution in [0.25, 0.3) is 5.57 Å². The fraction of sp³-hybridized carbons (Fsp3) is 0.333. The first kappa shape index (κ1) is 23.2. The third kappa shape index (κ3) is 3.90. The Bertz CT molecular complexity index is 1250. The van der Waals surface area contributed by atoms with Crippen LogP contribution in [-0.4, -0.2) is 29.9 Å². The second kappa shape index (κ2) is 8.29. The van der Waals surface area contributed by atoms with Crippen LogP contribution in [0.3, 0.4) is 0 Å². The number of nitrogens with zero attached hydrogens (tertiary/aromatic N) is 1. The fourth-order valence-electron chi connectivity index (χ4n) is 5.94. The van der Waals surface area contributed by atoms with Crippen molar-refractivity contribution in [2.75, 3.05) is 13.1 Å². The Morgan fingerprint density at radius 3 is 2.43 bits per heavy atom. The predicted octanol–water partition coefficient (Wildman–Crippen LogP) is 4.85.